The highest BCUT2D eigenvalue weighted by Crippen LogP contribution is 2.27. The normalized spacial score (nSPS) is 8.80. The summed E-state index contributed by atoms with van der Waals surface area (Å²) >= 11 is 0. The van der Waals surface area contributed by atoms with Gasteiger partial charge >= 0.3 is 0 Å². The van der Waals surface area contributed by atoms with E-state index in [2.05, 4.69) is 44.3 Å². The number of nitrogens with zero attached hydrogens (tertiary/aromatic N) is 1. The third kappa shape index (κ3) is 3.35. The molecule has 0 spiro atoms. The van der Waals surface area contributed by atoms with Gasteiger partial charge in [-0.1, -0.05) is 45.1 Å². The van der Waals surface area contributed by atoms with E-state index in [-0.39, 0.29) is 0 Å². The lowest BCUT2D eigenvalue weighted by atomic mass is 10.0. The topological polar surface area (TPSA) is 12.4 Å². The summed E-state index contributed by atoms with van der Waals surface area (Å²) in [6, 6.07) is 4.23. The predicted molar refractivity (Wildman–Crippen MR) is 71.2 cm³/mol. The van der Waals surface area contributed by atoms with E-state index >= 15 is 0 Å². The Kier molecular flexibility index (Phi) is 6.35. The van der Waals surface area contributed by atoms with Gasteiger partial charge in [0.2, 0.25) is 0 Å². The van der Waals surface area contributed by atoms with Gasteiger partial charge in [0.05, 0.1) is 5.69 Å². The van der Waals surface area contributed by atoms with Gasteiger partial charge in [0.15, 0.2) is 0 Å². The van der Waals surface area contributed by atoms with E-state index in [4.69, 9.17) is 0 Å². The van der Waals surface area contributed by atoms with Gasteiger partial charge < -0.3 is 0 Å². The summed E-state index contributed by atoms with van der Waals surface area (Å²) in [4.78, 5) is 4.03. The van der Waals surface area contributed by atoms with Gasteiger partial charge in [-0.05, 0) is 31.7 Å². The molecule has 0 radical (unpaired) electrons. The average molecular weight is 203 g/mol. The third-order valence-corrected chi connectivity index (χ3v) is 2.12. The van der Waals surface area contributed by atoms with E-state index in [1.807, 2.05) is 19.9 Å². The molecule has 0 atom stereocenters. The van der Waals surface area contributed by atoms with Crippen molar-refractivity contribution in [2.45, 2.75) is 34.1 Å². The van der Waals surface area contributed by atoms with Gasteiger partial charge in [0, 0.05) is 5.56 Å². The number of hydrogen-bond donors (Lipinski definition) is 0. The van der Waals surface area contributed by atoms with Gasteiger partial charge in [-0.2, -0.15) is 0 Å². The van der Waals surface area contributed by atoms with Crippen LogP contribution in [-0.2, 0) is 6.42 Å². The predicted octanol–water partition coefficient (Wildman–Crippen LogP) is 4.56. The molecule has 1 heteroatoms. The van der Waals surface area contributed by atoms with Crippen LogP contribution in [0.1, 0.15) is 37.5 Å². The molecule has 1 nitrogen and oxygen atoms in total. The van der Waals surface area contributed by atoms with Crippen molar-refractivity contribution in [3.05, 3.63) is 35.4 Å². The van der Waals surface area contributed by atoms with E-state index in [1.165, 1.54) is 11.1 Å². The quantitative estimate of drug-likeness (QED) is 0.639. The highest BCUT2D eigenvalue weighted by Gasteiger charge is 2.03. The molecule has 0 N–H and O–H groups in total. The van der Waals surface area contributed by atoms with Crippen molar-refractivity contribution >= 4 is 18.5 Å². The number of aliphatic imine (C=N–C) groups is 1. The molecular formula is C14H21N. The van der Waals surface area contributed by atoms with Crippen molar-refractivity contribution in [2.75, 3.05) is 0 Å². The van der Waals surface area contributed by atoms with Crippen LogP contribution in [0.4, 0.5) is 5.69 Å². The lowest BCUT2D eigenvalue weighted by molar-refractivity contribution is 1.12. The third-order valence-electron chi connectivity index (χ3n) is 2.12. The minimum absolute atomic E-state index is 0.975. The van der Waals surface area contributed by atoms with Crippen LogP contribution >= 0.6 is 0 Å². The standard InChI is InChI=1S/C12H15N.C2H6/c1-5-10-7-9(3)8-11(6-2)12(10)13-4;1-2/h5,7-8H,1,4,6H2,2-3H3;1-2H3. The maximum absolute atomic E-state index is 4.03. The van der Waals surface area contributed by atoms with Crippen molar-refractivity contribution in [1.29, 1.82) is 0 Å². The molecule has 0 unspecified atom stereocenters. The van der Waals surface area contributed by atoms with E-state index < -0.39 is 0 Å². The molecule has 1 rings (SSSR count). The first kappa shape index (κ1) is 13.6. The molecule has 0 saturated heterocycles. The zero-order valence-electron chi connectivity index (χ0n) is 10.3. The lowest BCUT2D eigenvalue weighted by Crippen LogP contribution is -1.87. The van der Waals surface area contributed by atoms with Gasteiger partial charge in [0.1, 0.15) is 0 Å². The number of hydrogen-bond acceptors (Lipinski definition) is 1. The van der Waals surface area contributed by atoms with Crippen LogP contribution in [0.15, 0.2) is 23.7 Å². The Morgan fingerprint density at radius 3 is 2.33 bits per heavy atom. The summed E-state index contributed by atoms with van der Waals surface area (Å²) in [7, 11) is 0. The fraction of sp³-hybridized carbons (Fsp3) is 0.357. The Hall–Kier alpha value is -1.37. The monoisotopic (exact) mass is 203 g/mol. The molecule has 0 amide bonds. The van der Waals surface area contributed by atoms with Gasteiger partial charge in [-0.25, -0.2) is 0 Å². The van der Waals surface area contributed by atoms with Crippen LogP contribution < -0.4 is 0 Å². The number of benzene rings is 1. The lowest BCUT2D eigenvalue weighted by Gasteiger charge is -2.08. The van der Waals surface area contributed by atoms with E-state index in [0.717, 1.165) is 17.7 Å². The molecule has 82 valence electrons. The molecule has 0 heterocycles. The fourth-order valence-corrected chi connectivity index (χ4v) is 1.50. The molecule has 0 aliphatic rings. The molecule has 1 aromatic carbocycles. The van der Waals surface area contributed by atoms with E-state index in [1.54, 1.807) is 0 Å². The smallest absolute Gasteiger partial charge is 0.0726 e. The molecule has 0 fully saturated rings. The Morgan fingerprint density at radius 2 is 1.93 bits per heavy atom. The Morgan fingerprint density at radius 1 is 1.33 bits per heavy atom. The first-order valence-electron chi connectivity index (χ1n) is 5.45. The number of rotatable bonds is 3. The molecular weight excluding hydrogens is 182 g/mol. The summed E-state index contributed by atoms with van der Waals surface area (Å²) < 4.78 is 0. The molecule has 0 aromatic heterocycles. The van der Waals surface area contributed by atoms with E-state index in [9.17, 15) is 0 Å². The summed E-state index contributed by atoms with van der Waals surface area (Å²) in [5.41, 5.74) is 4.54. The van der Waals surface area contributed by atoms with Crippen molar-refractivity contribution in [3.63, 3.8) is 0 Å². The Balaban J connectivity index is 0.000000921. The highest BCUT2D eigenvalue weighted by molar-refractivity contribution is 5.69. The van der Waals surface area contributed by atoms with Crippen LogP contribution in [0, 0.1) is 6.92 Å². The maximum atomic E-state index is 4.03. The second kappa shape index (κ2) is 6.99. The molecule has 0 aliphatic carbocycles. The average Bonchev–Trinajstić information content (AvgIpc) is 2.30. The first-order valence-corrected chi connectivity index (χ1v) is 5.45. The van der Waals surface area contributed by atoms with Gasteiger partial charge in [-0.15, -0.1) is 0 Å². The van der Waals surface area contributed by atoms with Crippen molar-refractivity contribution in [1.82, 2.24) is 0 Å². The molecule has 0 aliphatic heterocycles. The minimum atomic E-state index is 0.975. The largest absolute Gasteiger partial charge is 0.264 e. The van der Waals surface area contributed by atoms with Crippen molar-refractivity contribution in [3.8, 4) is 0 Å². The van der Waals surface area contributed by atoms with Crippen LogP contribution in [0.25, 0.3) is 6.08 Å². The van der Waals surface area contributed by atoms with Gasteiger partial charge in [-0.3, -0.25) is 4.99 Å². The van der Waals surface area contributed by atoms with Crippen LogP contribution in [-0.4, -0.2) is 6.72 Å². The van der Waals surface area contributed by atoms with E-state index in [0.29, 0.717) is 0 Å². The van der Waals surface area contributed by atoms with Crippen molar-refractivity contribution in [2.24, 2.45) is 4.99 Å². The summed E-state index contributed by atoms with van der Waals surface area (Å²) in [5, 5.41) is 0. The SMILES string of the molecule is C=Cc1cc(C)cc(CC)c1N=C.CC. The molecule has 15 heavy (non-hydrogen) atoms. The molecule has 0 bridgehead atoms. The second-order valence-corrected chi connectivity index (χ2v) is 3.08. The second-order valence-electron chi connectivity index (χ2n) is 3.08. The van der Waals surface area contributed by atoms with Crippen molar-refractivity contribution < 1.29 is 0 Å². The Bertz CT molecular complexity index is 337. The first-order chi connectivity index (χ1) is 7.22. The highest BCUT2D eigenvalue weighted by atomic mass is 14.7. The van der Waals surface area contributed by atoms with Crippen LogP contribution in [0.5, 0.6) is 0 Å². The number of aryl methyl sites for hydroxylation is 2. The maximum Gasteiger partial charge on any atom is 0.0726 e. The van der Waals surface area contributed by atoms with Gasteiger partial charge in [0.25, 0.3) is 0 Å². The minimum Gasteiger partial charge on any atom is -0.264 e. The Labute approximate surface area is 93.6 Å². The summed E-state index contributed by atoms with van der Waals surface area (Å²) in [6.07, 6.45) is 2.81. The molecule has 0 saturated carbocycles. The fourth-order valence-electron chi connectivity index (χ4n) is 1.50. The zero-order chi connectivity index (χ0) is 11.8. The summed E-state index contributed by atoms with van der Waals surface area (Å²) in [5.74, 6) is 0. The summed E-state index contributed by atoms with van der Waals surface area (Å²) in [6.45, 7) is 15.6. The van der Waals surface area contributed by atoms with Crippen LogP contribution in [0.2, 0.25) is 0 Å². The zero-order valence-corrected chi connectivity index (χ0v) is 10.3. The molecule has 1 aromatic rings. The van der Waals surface area contributed by atoms with Crippen LogP contribution in [0.3, 0.4) is 0 Å².